The van der Waals surface area contributed by atoms with Crippen LogP contribution < -0.4 is 10.1 Å². The third-order valence-electron chi connectivity index (χ3n) is 3.79. The second-order valence-electron chi connectivity index (χ2n) is 5.80. The molecule has 0 saturated carbocycles. The SMILES string of the molecule is COc1ccc(S(=O)(=O)CCCC(=O)Nc2nnc(-c3cc(Cl)sc3Cl)o2)cc1. The molecule has 3 aromatic rings. The number of hydrogen-bond donors (Lipinski definition) is 1. The molecule has 8 nitrogen and oxygen atoms in total. The molecule has 0 saturated heterocycles. The number of amides is 1. The number of sulfone groups is 1. The van der Waals surface area contributed by atoms with Crippen LogP contribution in [0.25, 0.3) is 11.5 Å². The molecule has 2 heterocycles. The molecule has 0 aliphatic carbocycles. The number of benzene rings is 1. The largest absolute Gasteiger partial charge is 0.497 e. The number of hydrogen-bond acceptors (Lipinski definition) is 8. The van der Waals surface area contributed by atoms with E-state index in [1.54, 1.807) is 18.2 Å². The van der Waals surface area contributed by atoms with Crippen molar-refractivity contribution >= 4 is 56.3 Å². The van der Waals surface area contributed by atoms with Gasteiger partial charge in [0.2, 0.25) is 5.91 Å². The van der Waals surface area contributed by atoms with E-state index in [0.29, 0.717) is 20.0 Å². The van der Waals surface area contributed by atoms with E-state index in [2.05, 4.69) is 15.5 Å². The zero-order valence-electron chi connectivity index (χ0n) is 15.0. The van der Waals surface area contributed by atoms with E-state index in [0.717, 1.165) is 11.3 Å². The quantitative estimate of drug-likeness (QED) is 0.516. The summed E-state index contributed by atoms with van der Waals surface area (Å²) in [4.78, 5) is 12.2. The second kappa shape index (κ2) is 9.12. The molecule has 0 aliphatic heterocycles. The molecule has 0 bridgehead atoms. The van der Waals surface area contributed by atoms with Gasteiger partial charge in [-0.05, 0) is 36.8 Å². The van der Waals surface area contributed by atoms with Crippen LogP contribution in [0.1, 0.15) is 12.8 Å². The molecule has 0 atom stereocenters. The Bertz CT molecular complexity index is 1110. The minimum absolute atomic E-state index is 0.0296. The minimum atomic E-state index is -3.50. The highest BCUT2D eigenvalue weighted by Crippen LogP contribution is 2.37. The van der Waals surface area contributed by atoms with Gasteiger partial charge in [-0.2, -0.15) is 0 Å². The van der Waals surface area contributed by atoms with Crippen LogP contribution in [0.5, 0.6) is 5.75 Å². The number of halogens is 2. The highest BCUT2D eigenvalue weighted by Gasteiger charge is 2.18. The summed E-state index contributed by atoms with van der Waals surface area (Å²) in [6, 6.07) is 7.55. The smallest absolute Gasteiger partial charge is 0.322 e. The van der Waals surface area contributed by atoms with Gasteiger partial charge in [0.05, 0.1) is 27.7 Å². The summed E-state index contributed by atoms with van der Waals surface area (Å²) in [7, 11) is -2.00. The fourth-order valence-corrected chi connectivity index (χ4v) is 5.13. The number of thiophene rings is 1. The first-order valence-electron chi connectivity index (χ1n) is 8.24. The molecule has 29 heavy (non-hydrogen) atoms. The van der Waals surface area contributed by atoms with E-state index in [4.69, 9.17) is 32.4 Å². The topological polar surface area (TPSA) is 111 Å². The van der Waals surface area contributed by atoms with Gasteiger partial charge in [-0.1, -0.05) is 28.3 Å². The number of anilines is 1. The van der Waals surface area contributed by atoms with Crippen LogP contribution in [0.2, 0.25) is 8.67 Å². The van der Waals surface area contributed by atoms with Crippen molar-refractivity contribution in [1.82, 2.24) is 10.2 Å². The van der Waals surface area contributed by atoms with Crippen LogP contribution in [0.15, 0.2) is 39.6 Å². The van der Waals surface area contributed by atoms with Crippen LogP contribution in [0.4, 0.5) is 6.01 Å². The Balaban J connectivity index is 1.53. The predicted molar refractivity (Wildman–Crippen MR) is 111 cm³/mol. The Hall–Kier alpha value is -2.14. The van der Waals surface area contributed by atoms with Gasteiger partial charge < -0.3 is 9.15 Å². The molecule has 0 fully saturated rings. The Kier molecular flexibility index (Phi) is 6.78. The number of methoxy groups -OCH3 is 1. The van der Waals surface area contributed by atoms with E-state index in [-0.39, 0.29) is 35.4 Å². The van der Waals surface area contributed by atoms with Crippen molar-refractivity contribution in [3.8, 4) is 17.2 Å². The van der Waals surface area contributed by atoms with Gasteiger partial charge >= 0.3 is 6.01 Å². The lowest BCUT2D eigenvalue weighted by atomic mass is 10.3. The fourth-order valence-electron chi connectivity index (χ4n) is 2.37. The van der Waals surface area contributed by atoms with Crippen molar-refractivity contribution in [3.63, 3.8) is 0 Å². The van der Waals surface area contributed by atoms with Crippen molar-refractivity contribution in [2.24, 2.45) is 0 Å². The van der Waals surface area contributed by atoms with Crippen molar-refractivity contribution in [2.45, 2.75) is 17.7 Å². The average molecular weight is 476 g/mol. The number of nitrogens with zero attached hydrogens (tertiary/aromatic N) is 2. The zero-order chi connectivity index (χ0) is 21.0. The lowest BCUT2D eigenvalue weighted by molar-refractivity contribution is -0.116. The predicted octanol–water partition coefficient (Wildman–Crippen LogP) is 4.31. The third kappa shape index (κ3) is 5.47. The van der Waals surface area contributed by atoms with Crippen molar-refractivity contribution in [1.29, 1.82) is 0 Å². The summed E-state index contributed by atoms with van der Waals surface area (Å²) in [5.74, 6) is 0.0635. The van der Waals surface area contributed by atoms with Crippen molar-refractivity contribution in [2.75, 3.05) is 18.2 Å². The molecule has 1 amide bonds. The monoisotopic (exact) mass is 475 g/mol. The van der Waals surface area contributed by atoms with Crippen LogP contribution in [-0.2, 0) is 14.6 Å². The van der Waals surface area contributed by atoms with Gasteiger partial charge in [0.1, 0.15) is 10.1 Å². The van der Waals surface area contributed by atoms with Gasteiger partial charge in [-0.3, -0.25) is 10.1 Å². The maximum Gasteiger partial charge on any atom is 0.322 e. The number of aromatic nitrogens is 2. The Morgan fingerprint density at radius 3 is 2.59 bits per heavy atom. The fraction of sp³-hybridized carbons (Fsp3) is 0.235. The molecule has 0 radical (unpaired) electrons. The Morgan fingerprint density at radius 1 is 1.24 bits per heavy atom. The second-order valence-corrected chi connectivity index (χ2v) is 10.2. The maximum atomic E-state index is 12.3. The maximum absolute atomic E-state index is 12.3. The van der Waals surface area contributed by atoms with E-state index in [1.807, 2.05) is 0 Å². The number of rotatable bonds is 8. The van der Waals surface area contributed by atoms with Crippen LogP contribution >= 0.6 is 34.5 Å². The van der Waals surface area contributed by atoms with Gasteiger partial charge in [0, 0.05) is 6.42 Å². The highest BCUT2D eigenvalue weighted by molar-refractivity contribution is 7.91. The number of carbonyl (C=O) groups is 1. The molecule has 1 N–H and O–H groups in total. The van der Waals surface area contributed by atoms with E-state index < -0.39 is 15.7 Å². The van der Waals surface area contributed by atoms with Crippen LogP contribution in [-0.4, -0.2) is 37.4 Å². The third-order valence-corrected chi connectivity index (χ3v) is 7.10. The van der Waals surface area contributed by atoms with Crippen molar-refractivity contribution < 1.29 is 22.4 Å². The molecule has 0 unspecified atom stereocenters. The zero-order valence-corrected chi connectivity index (χ0v) is 18.2. The number of carbonyl (C=O) groups excluding carboxylic acids is 1. The summed E-state index contributed by atoms with van der Waals surface area (Å²) in [5.41, 5.74) is 0.472. The van der Waals surface area contributed by atoms with E-state index in [9.17, 15) is 13.2 Å². The van der Waals surface area contributed by atoms with Gasteiger partial charge in [-0.25, -0.2) is 8.42 Å². The van der Waals surface area contributed by atoms with Gasteiger partial charge in [0.15, 0.2) is 9.84 Å². The molecule has 3 rings (SSSR count). The summed E-state index contributed by atoms with van der Waals surface area (Å²) >= 11 is 13.1. The summed E-state index contributed by atoms with van der Waals surface area (Å²) in [5, 5.41) is 9.98. The Labute approximate surface area is 180 Å². The first-order valence-corrected chi connectivity index (χ1v) is 11.5. The van der Waals surface area contributed by atoms with Gasteiger partial charge in [-0.15, -0.1) is 16.4 Å². The number of nitrogens with one attached hydrogen (secondary N) is 1. The normalized spacial score (nSPS) is 11.4. The van der Waals surface area contributed by atoms with E-state index >= 15 is 0 Å². The number of ether oxygens (including phenoxy) is 1. The summed E-state index contributed by atoms with van der Waals surface area (Å²) < 4.78 is 35.9. The molecule has 0 spiro atoms. The van der Waals surface area contributed by atoms with Crippen LogP contribution in [0.3, 0.4) is 0 Å². The molecule has 154 valence electrons. The summed E-state index contributed by atoms with van der Waals surface area (Å²) in [6.07, 6.45) is 0.102. The first kappa shape index (κ1) is 21.6. The standard InChI is InChI=1S/C17H15Cl2N3O5S2/c1-26-10-4-6-11(7-5-10)29(24,25)8-2-3-14(23)20-17-22-21-16(27-17)12-9-13(18)28-15(12)19/h4-7,9H,2-3,8H2,1H3,(H,20,22,23). The Morgan fingerprint density at radius 2 is 1.97 bits per heavy atom. The molecular weight excluding hydrogens is 461 g/mol. The highest BCUT2D eigenvalue weighted by atomic mass is 35.5. The van der Waals surface area contributed by atoms with Crippen molar-refractivity contribution in [3.05, 3.63) is 39.0 Å². The van der Waals surface area contributed by atoms with E-state index in [1.165, 1.54) is 19.2 Å². The molecule has 12 heteroatoms. The minimum Gasteiger partial charge on any atom is -0.497 e. The molecular formula is C17H15Cl2N3O5S2. The molecule has 2 aromatic heterocycles. The summed E-state index contributed by atoms with van der Waals surface area (Å²) in [6.45, 7) is 0. The first-order chi connectivity index (χ1) is 13.8. The lowest BCUT2D eigenvalue weighted by Gasteiger charge is -2.05. The lowest BCUT2D eigenvalue weighted by Crippen LogP contribution is -2.14. The van der Waals surface area contributed by atoms with Gasteiger partial charge in [0.25, 0.3) is 5.89 Å². The average Bonchev–Trinajstić information content (AvgIpc) is 3.27. The molecule has 0 aliphatic rings. The molecule has 1 aromatic carbocycles. The van der Waals surface area contributed by atoms with Crippen LogP contribution in [0, 0.1) is 0 Å².